The smallest absolute Gasteiger partial charge is 0.336 e. The Kier molecular flexibility index (Phi) is 6.32. The maximum Gasteiger partial charge on any atom is 0.336 e. The van der Waals surface area contributed by atoms with Crippen molar-refractivity contribution in [2.75, 3.05) is 19.8 Å². The first kappa shape index (κ1) is 21.4. The number of esters is 1. The van der Waals surface area contributed by atoms with Crippen molar-refractivity contribution in [1.29, 1.82) is 0 Å². The molecule has 1 aliphatic carbocycles. The highest BCUT2D eigenvalue weighted by Crippen LogP contribution is 2.44. The summed E-state index contributed by atoms with van der Waals surface area (Å²) in [4.78, 5) is 26.2. The van der Waals surface area contributed by atoms with E-state index in [1.54, 1.807) is 18.2 Å². The van der Waals surface area contributed by atoms with Crippen LogP contribution in [-0.2, 0) is 19.1 Å². The van der Waals surface area contributed by atoms with E-state index in [1.807, 2.05) is 13.8 Å². The Balaban J connectivity index is 1.72. The van der Waals surface area contributed by atoms with Crippen LogP contribution in [0.3, 0.4) is 0 Å². The second-order valence-corrected chi connectivity index (χ2v) is 8.16. The minimum Gasteiger partial charge on any atom is -0.504 e. The van der Waals surface area contributed by atoms with Crippen LogP contribution in [0, 0.1) is 0 Å². The Labute approximate surface area is 182 Å². The number of ketones is 1. The quantitative estimate of drug-likeness (QED) is 0.671. The largest absolute Gasteiger partial charge is 0.504 e. The van der Waals surface area contributed by atoms with E-state index in [-0.39, 0.29) is 24.2 Å². The number of hydrogen-bond acceptors (Lipinski definition) is 7. The number of Topliss-reactive ketones (excluding diaryl/α,β-unsaturated/α-hetero) is 1. The molecule has 4 rings (SSSR count). The molecule has 0 bridgehead atoms. The number of rotatable bonds is 6. The van der Waals surface area contributed by atoms with Gasteiger partial charge in [-0.25, -0.2) is 4.79 Å². The highest BCUT2D eigenvalue weighted by atomic mass is 16.6. The zero-order valence-electron chi connectivity index (χ0n) is 18.0. The molecule has 7 nitrogen and oxygen atoms in total. The number of nitrogens with one attached hydrogen (secondary N) is 1. The topological polar surface area (TPSA) is 94.1 Å². The number of benzene rings is 1. The number of ether oxygens (including phenoxy) is 3. The predicted octanol–water partition coefficient (Wildman–Crippen LogP) is 3.48. The van der Waals surface area contributed by atoms with Crippen molar-refractivity contribution in [1.82, 2.24) is 5.32 Å². The molecule has 2 N–H and O–H groups in total. The summed E-state index contributed by atoms with van der Waals surface area (Å²) in [6.45, 7) is 4.94. The summed E-state index contributed by atoms with van der Waals surface area (Å²) in [6, 6.07) is 4.99. The van der Waals surface area contributed by atoms with Gasteiger partial charge in [-0.3, -0.25) is 4.79 Å². The monoisotopic (exact) mass is 427 g/mol. The first-order valence-electron chi connectivity index (χ1n) is 11.0. The van der Waals surface area contributed by atoms with Crippen LogP contribution in [0.4, 0.5) is 0 Å². The second kappa shape index (κ2) is 9.14. The van der Waals surface area contributed by atoms with E-state index in [0.29, 0.717) is 47.8 Å². The van der Waals surface area contributed by atoms with E-state index in [0.717, 1.165) is 31.4 Å². The number of phenols is 1. The number of hydrogen-bond donors (Lipinski definition) is 2. The van der Waals surface area contributed by atoms with Gasteiger partial charge in [0.05, 0.1) is 18.3 Å². The highest BCUT2D eigenvalue weighted by molar-refractivity contribution is 6.03. The highest BCUT2D eigenvalue weighted by Gasteiger charge is 2.39. The molecule has 0 radical (unpaired) electrons. The number of dihydropyridines is 1. The summed E-state index contributed by atoms with van der Waals surface area (Å²) in [5.41, 5.74) is 3.28. The van der Waals surface area contributed by atoms with Crippen molar-refractivity contribution in [3.63, 3.8) is 0 Å². The molecule has 0 amide bonds. The molecular formula is C24H29NO6. The lowest BCUT2D eigenvalue weighted by molar-refractivity contribution is -0.142. The summed E-state index contributed by atoms with van der Waals surface area (Å²) in [5, 5.41) is 13.4. The Morgan fingerprint density at radius 2 is 2.13 bits per heavy atom. The SMILES string of the molecule is CCOc1cc([C@@H]2C(C(=O)OC[C@@H]3CCCO3)=C(C)NC3=C2C(=O)CCC3)ccc1O. The van der Waals surface area contributed by atoms with Gasteiger partial charge in [0.15, 0.2) is 17.3 Å². The van der Waals surface area contributed by atoms with Gasteiger partial charge in [-0.2, -0.15) is 0 Å². The maximum atomic E-state index is 13.2. The Morgan fingerprint density at radius 3 is 2.87 bits per heavy atom. The summed E-state index contributed by atoms with van der Waals surface area (Å²) < 4.78 is 16.8. The van der Waals surface area contributed by atoms with E-state index < -0.39 is 11.9 Å². The molecular weight excluding hydrogens is 398 g/mol. The zero-order valence-corrected chi connectivity index (χ0v) is 18.0. The van der Waals surface area contributed by atoms with E-state index in [1.165, 1.54) is 0 Å². The summed E-state index contributed by atoms with van der Waals surface area (Å²) in [7, 11) is 0. The van der Waals surface area contributed by atoms with Gasteiger partial charge in [0.1, 0.15) is 6.61 Å². The van der Waals surface area contributed by atoms with Gasteiger partial charge in [0.25, 0.3) is 0 Å². The molecule has 2 atom stereocenters. The minimum absolute atomic E-state index is 0.0203. The number of carbonyl (C=O) groups excluding carboxylic acids is 2. The first-order chi connectivity index (χ1) is 15.0. The number of phenolic OH excluding ortho intramolecular Hbond substituents is 1. The van der Waals surface area contributed by atoms with E-state index in [9.17, 15) is 14.7 Å². The third-order valence-electron chi connectivity index (χ3n) is 6.04. The molecule has 2 heterocycles. The van der Waals surface area contributed by atoms with E-state index >= 15 is 0 Å². The number of carbonyl (C=O) groups is 2. The molecule has 2 aliphatic heterocycles. The van der Waals surface area contributed by atoms with Crippen molar-refractivity contribution in [2.24, 2.45) is 0 Å². The lowest BCUT2D eigenvalue weighted by Gasteiger charge is -2.34. The average Bonchev–Trinajstić information content (AvgIpc) is 3.27. The van der Waals surface area contributed by atoms with Crippen molar-refractivity contribution < 1.29 is 28.9 Å². The Morgan fingerprint density at radius 1 is 1.29 bits per heavy atom. The van der Waals surface area contributed by atoms with Gasteiger partial charge >= 0.3 is 5.97 Å². The van der Waals surface area contributed by atoms with Gasteiger partial charge in [0, 0.05) is 35.9 Å². The van der Waals surface area contributed by atoms with Gasteiger partial charge < -0.3 is 24.6 Å². The molecule has 1 aromatic rings. The second-order valence-electron chi connectivity index (χ2n) is 8.16. The van der Waals surface area contributed by atoms with Crippen LogP contribution in [0.1, 0.15) is 57.4 Å². The molecule has 0 aromatic heterocycles. The average molecular weight is 427 g/mol. The van der Waals surface area contributed by atoms with Crippen molar-refractivity contribution in [3.05, 3.63) is 46.3 Å². The molecule has 7 heteroatoms. The summed E-state index contributed by atoms with van der Waals surface area (Å²) >= 11 is 0. The molecule has 1 aromatic carbocycles. The molecule has 0 unspecified atom stereocenters. The van der Waals surface area contributed by atoms with E-state index in [2.05, 4.69) is 5.32 Å². The molecule has 166 valence electrons. The summed E-state index contributed by atoms with van der Waals surface area (Å²) in [5.74, 6) is -0.649. The van der Waals surface area contributed by atoms with Crippen molar-refractivity contribution in [2.45, 2.75) is 58.0 Å². The molecule has 31 heavy (non-hydrogen) atoms. The van der Waals surface area contributed by atoms with Crippen LogP contribution in [0.25, 0.3) is 0 Å². The Bertz CT molecular complexity index is 941. The maximum absolute atomic E-state index is 13.2. The zero-order chi connectivity index (χ0) is 22.0. The fraction of sp³-hybridized carbons (Fsp3) is 0.500. The van der Waals surface area contributed by atoms with Crippen LogP contribution < -0.4 is 10.1 Å². The van der Waals surface area contributed by atoms with Gasteiger partial charge in [-0.1, -0.05) is 6.07 Å². The van der Waals surface area contributed by atoms with Crippen LogP contribution in [0.5, 0.6) is 11.5 Å². The van der Waals surface area contributed by atoms with Gasteiger partial charge in [-0.05, 0) is 57.2 Å². The third-order valence-corrected chi connectivity index (χ3v) is 6.04. The predicted molar refractivity (Wildman–Crippen MR) is 114 cm³/mol. The van der Waals surface area contributed by atoms with Crippen LogP contribution in [-0.4, -0.2) is 42.8 Å². The van der Waals surface area contributed by atoms with Crippen LogP contribution in [0.2, 0.25) is 0 Å². The van der Waals surface area contributed by atoms with Gasteiger partial charge in [0.2, 0.25) is 0 Å². The first-order valence-corrected chi connectivity index (χ1v) is 11.0. The van der Waals surface area contributed by atoms with E-state index in [4.69, 9.17) is 14.2 Å². The van der Waals surface area contributed by atoms with Crippen LogP contribution >= 0.6 is 0 Å². The number of allylic oxidation sites excluding steroid dienone is 3. The van der Waals surface area contributed by atoms with Crippen molar-refractivity contribution >= 4 is 11.8 Å². The molecule has 1 fully saturated rings. The molecule has 0 saturated carbocycles. The normalized spacial score (nSPS) is 23.5. The lowest BCUT2D eigenvalue weighted by Crippen LogP contribution is -2.35. The fourth-order valence-electron chi connectivity index (χ4n) is 4.59. The molecule has 3 aliphatic rings. The van der Waals surface area contributed by atoms with Crippen molar-refractivity contribution in [3.8, 4) is 11.5 Å². The molecule has 0 spiro atoms. The standard InChI is InChI=1S/C24H29NO6/c1-3-29-20-12-15(9-10-18(20)26)22-21(24(28)31-13-16-6-5-11-30-16)14(2)25-17-7-4-8-19(27)23(17)22/h9-10,12,16,22,25-26H,3-8,11,13H2,1-2H3/t16-,22+/m0/s1. The third kappa shape index (κ3) is 4.32. The number of aromatic hydroxyl groups is 1. The molecule has 1 saturated heterocycles. The minimum atomic E-state index is -0.569. The Hall–Kier alpha value is -2.80. The summed E-state index contributed by atoms with van der Waals surface area (Å²) in [6.07, 6.45) is 3.74. The van der Waals surface area contributed by atoms with Gasteiger partial charge in [-0.15, -0.1) is 0 Å². The van der Waals surface area contributed by atoms with Crippen LogP contribution in [0.15, 0.2) is 40.7 Å². The fourth-order valence-corrected chi connectivity index (χ4v) is 4.59. The lowest BCUT2D eigenvalue weighted by atomic mass is 9.75.